The fourth-order valence-corrected chi connectivity index (χ4v) is 7.95. The standard InChI is InChI=1S/C45H40N8O5S2/c1-45(2,60-44-51-48-40(33-22-23-57-27-33)53(44)25-30-10-6-4-7-11-30)42(55)47-36-18-16-32(17-19-36)38-24-34(28-58-38)41-49-50-43(52(41)26-31-14-20-37(56-3)21-15-31)59-29-39(54)46-35-12-8-5-9-13-35/h4-24,27-28H,25-26,29H2,1-3H3,(H,46,54)(H,47,55). The molecule has 0 atom stereocenters. The van der Waals surface area contributed by atoms with Crippen molar-refractivity contribution in [3.8, 4) is 39.8 Å². The van der Waals surface area contributed by atoms with Crippen molar-refractivity contribution in [1.29, 1.82) is 0 Å². The molecule has 0 saturated heterocycles. The molecular weight excluding hydrogens is 797 g/mol. The van der Waals surface area contributed by atoms with Gasteiger partial charge in [0.05, 0.1) is 48.1 Å². The van der Waals surface area contributed by atoms with Gasteiger partial charge in [-0.1, -0.05) is 84.2 Å². The highest BCUT2D eigenvalue weighted by Crippen LogP contribution is 2.36. The lowest BCUT2D eigenvalue weighted by molar-refractivity contribution is -0.117. The summed E-state index contributed by atoms with van der Waals surface area (Å²) < 4.78 is 19.8. The van der Waals surface area contributed by atoms with Crippen molar-refractivity contribution in [3.05, 3.63) is 151 Å². The Labute approximate surface area is 354 Å². The molecular formula is C45H40N8O5S2. The summed E-state index contributed by atoms with van der Waals surface area (Å²) in [6, 6.07) is 38.3. The van der Waals surface area contributed by atoms with Crippen molar-refractivity contribution in [2.24, 2.45) is 0 Å². The van der Waals surface area contributed by atoms with Gasteiger partial charge in [0.2, 0.25) is 11.8 Å². The first-order valence-corrected chi connectivity index (χ1v) is 20.8. The molecule has 0 saturated carbocycles. The fourth-order valence-electron chi connectivity index (χ4n) is 6.27. The van der Waals surface area contributed by atoms with Crippen LogP contribution in [-0.4, -0.2) is 59.0 Å². The molecule has 60 heavy (non-hydrogen) atoms. The molecule has 4 aromatic heterocycles. The van der Waals surface area contributed by atoms with Crippen LogP contribution in [0.15, 0.2) is 159 Å². The third-order valence-corrected chi connectivity index (χ3v) is 11.6. The number of hydrogen-bond donors (Lipinski definition) is 2. The monoisotopic (exact) mass is 836 g/mol. The number of nitrogens with one attached hydrogen (secondary N) is 2. The van der Waals surface area contributed by atoms with E-state index in [1.165, 1.54) is 23.5 Å². The number of thioether (sulfide) groups is 2. The maximum Gasteiger partial charge on any atom is 0.240 e. The van der Waals surface area contributed by atoms with Gasteiger partial charge in [-0.3, -0.25) is 18.7 Å². The number of benzene rings is 4. The number of nitrogens with zero attached hydrogens (tertiary/aromatic N) is 6. The Bertz CT molecular complexity index is 2680. The fraction of sp³-hybridized carbons (Fsp3) is 0.156. The van der Waals surface area contributed by atoms with E-state index < -0.39 is 4.75 Å². The van der Waals surface area contributed by atoms with Gasteiger partial charge in [0.15, 0.2) is 22.0 Å². The minimum absolute atomic E-state index is 0.147. The van der Waals surface area contributed by atoms with E-state index in [0.29, 0.717) is 46.5 Å². The molecule has 15 heteroatoms. The summed E-state index contributed by atoms with van der Waals surface area (Å²) in [5, 5.41) is 25.2. The lowest BCUT2D eigenvalue weighted by atomic mass is 10.1. The molecule has 0 aliphatic heterocycles. The molecule has 13 nitrogen and oxygen atoms in total. The number of carbonyl (C=O) groups excluding carboxylic acids is 2. The number of methoxy groups -OCH3 is 1. The Hall–Kier alpha value is -6.84. The minimum Gasteiger partial charge on any atom is -0.497 e. The average molecular weight is 837 g/mol. The van der Waals surface area contributed by atoms with Crippen LogP contribution >= 0.6 is 23.5 Å². The van der Waals surface area contributed by atoms with Crippen LogP contribution in [-0.2, 0) is 22.7 Å². The van der Waals surface area contributed by atoms with Crippen molar-refractivity contribution in [3.63, 3.8) is 0 Å². The average Bonchev–Trinajstić information content (AvgIpc) is 4.10. The molecule has 2 N–H and O–H groups in total. The number of rotatable bonds is 16. The summed E-state index contributed by atoms with van der Waals surface area (Å²) in [4.78, 5) is 26.6. The van der Waals surface area contributed by atoms with Gasteiger partial charge in [-0.05, 0) is 85.6 Å². The summed E-state index contributed by atoms with van der Waals surface area (Å²) in [6.07, 6.45) is 4.88. The smallest absolute Gasteiger partial charge is 0.240 e. The number of amides is 2. The lowest BCUT2D eigenvalue weighted by Crippen LogP contribution is -2.34. The number of carbonyl (C=O) groups is 2. The summed E-state index contributed by atoms with van der Waals surface area (Å²) in [7, 11) is 1.63. The zero-order chi connectivity index (χ0) is 41.5. The molecule has 0 aliphatic rings. The van der Waals surface area contributed by atoms with Crippen molar-refractivity contribution in [1.82, 2.24) is 29.5 Å². The van der Waals surface area contributed by atoms with Crippen LogP contribution in [0.25, 0.3) is 34.1 Å². The van der Waals surface area contributed by atoms with Crippen LogP contribution in [0.4, 0.5) is 11.4 Å². The molecule has 4 heterocycles. The second-order valence-corrected chi connectivity index (χ2v) is 16.7. The second kappa shape index (κ2) is 18.0. The molecule has 302 valence electrons. The lowest BCUT2D eigenvalue weighted by Gasteiger charge is -2.23. The molecule has 2 amide bonds. The summed E-state index contributed by atoms with van der Waals surface area (Å²) in [5.41, 5.74) is 5.77. The number of hydrogen-bond acceptors (Lipinski definition) is 11. The van der Waals surface area contributed by atoms with Crippen LogP contribution < -0.4 is 15.4 Å². The van der Waals surface area contributed by atoms with Gasteiger partial charge in [0.1, 0.15) is 24.0 Å². The van der Waals surface area contributed by atoms with Gasteiger partial charge in [-0.25, -0.2) is 0 Å². The third-order valence-electron chi connectivity index (χ3n) is 9.46. The maximum absolute atomic E-state index is 13.8. The van der Waals surface area contributed by atoms with E-state index in [9.17, 15) is 9.59 Å². The van der Waals surface area contributed by atoms with E-state index in [2.05, 4.69) is 31.0 Å². The van der Waals surface area contributed by atoms with E-state index >= 15 is 0 Å². The molecule has 0 fully saturated rings. The van der Waals surface area contributed by atoms with E-state index in [-0.39, 0.29) is 17.6 Å². The molecule has 0 unspecified atom stereocenters. The molecule has 8 rings (SSSR count). The van der Waals surface area contributed by atoms with Crippen LogP contribution in [0.1, 0.15) is 25.0 Å². The number of anilines is 2. The number of ether oxygens (including phenoxy) is 1. The Morgan fingerprint density at radius 2 is 1.32 bits per heavy atom. The van der Waals surface area contributed by atoms with Gasteiger partial charge >= 0.3 is 0 Å². The highest BCUT2D eigenvalue weighted by atomic mass is 32.2. The predicted octanol–water partition coefficient (Wildman–Crippen LogP) is 9.40. The molecule has 8 aromatic rings. The number of para-hydroxylation sites is 1. The third kappa shape index (κ3) is 9.38. The molecule has 0 spiro atoms. The Kier molecular flexibility index (Phi) is 12.0. The van der Waals surface area contributed by atoms with Crippen molar-refractivity contribution >= 4 is 46.7 Å². The van der Waals surface area contributed by atoms with Gasteiger partial charge in [-0.2, -0.15) is 0 Å². The van der Waals surface area contributed by atoms with E-state index in [4.69, 9.17) is 13.6 Å². The van der Waals surface area contributed by atoms with Crippen molar-refractivity contribution < 1.29 is 23.2 Å². The van der Waals surface area contributed by atoms with Crippen LogP contribution in [0.5, 0.6) is 5.75 Å². The molecule has 0 radical (unpaired) electrons. The second-order valence-electron chi connectivity index (χ2n) is 14.2. The van der Waals surface area contributed by atoms with Gasteiger partial charge < -0.3 is 24.2 Å². The molecule has 0 bridgehead atoms. The summed E-state index contributed by atoms with van der Waals surface area (Å²) >= 11 is 2.64. The first-order chi connectivity index (χ1) is 29.2. The van der Waals surface area contributed by atoms with E-state index in [1.54, 1.807) is 25.9 Å². The van der Waals surface area contributed by atoms with Gasteiger partial charge in [0, 0.05) is 16.9 Å². The van der Waals surface area contributed by atoms with E-state index in [0.717, 1.165) is 39.3 Å². The van der Waals surface area contributed by atoms with Gasteiger partial charge in [0.25, 0.3) is 0 Å². The zero-order valence-corrected chi connectivity index (χ0v) is 34.6. The highest BCUT2D eigenvalue weighted by molar-refractivity contribution is 8.01. The molecule has 0 aliphatic carbocycles. The Morgan fingerprint density at radius 1 is 0.683 bits per heavy atom. The quantitative estimate of drug-likeness (QED) is 0.0895. The highest BCUT2D eigenvalue weighted by Gasteiger charge is 2.32. The minimum atomic E-state index is -0.908. The maximum atomic E-state index is 13.8. The number of furan rings is 2. The van der Waals surface area contributed by atoms with Gasteiger partial charge in [-0.15, -0.1) is 20.4 Å². The van der Waals surface area contributed by atoms with Crippen molar-refractivity contribution in [2.75, 3.05) is 23.5 Å². The zero-order valence-electron chi connectivity index (χ0n) is 32.9. The summed E-state index contributed by atoms with van der Waals surface area (Å²) in [6.45, 7) is 4.71. The first kappa shape index (κ1) is 40.0. The molecule has 4 aromatic carbocycles. The normalized spacial score (nSPS) is 11.4. The number of aromatic nitrogens is 6. The van der Waals surface area contributed by atoms with Crippen LogP contribution in [0.2, 0.25) is 0 Å². The Balaban J connectivity index is 0.963. The predicted molar refractivity (Wildman–Crippen MR) is 233 cm³/mol. The first-order valence-electron chi connectivity index (χ1n) is 19.0. The van der Waals surface area contributed by atoms with E-state index in [1.807, 2.05) is 144 Å². The summed E-state index contributed by atoms with van der Waals surface area (Å²) in [5.74, 6) is 2.41. The largest absolute Gasteiger partial charge is 0.497 e. The Morgan fingerprint density at radius 3 is 2.00 bits per heavy atom. The van der Waals surface area contributed by atoms with Crippen LogP contribution in [0.3, 0.4) is 0 Å². The SMILES string of the molecule is COc1ccc(Cn2c(SCC(=O)Nc3ccccc3)nnc2-c2coc(-c3ccc(NC(=O)C(C)(C)Sc4nnc(-c5ccoc5)n4Cc4ccccc4)cc3)c2)cc1. The van der Waals surface area contributed by atoms with Crippen LogP contribution in [0, 0.1) is 0 Å². The van der Waals surface area contributed by atoms with Crippen molar-refractivity contribution in [2.45, 2.75) is 42.0 Å². The topological polar surface area (TPSA) is 155 Å².